The third-order valence-corrected chi connectivity index (χ3v) is 13.6. The number of hydrogen-bond acceptors (Lipinski definition) is 35. The first kappa shape index (κ1) is 108. The van der Waals surface area contributed by atoms with Crippen LogP contribution in [0.25, 0.3) is 0 Å². The number of rotatable bonds is 33. The second-order valence-electron chi connectivity index (χ2n) is 29.7. The number of aliphatic carboxylic acids is 5. The number of carboxylic acids is 5. The first-order valence-corrected chi connectivity index (χ1v) is 35.8. The Hall–Kier alpha value is -15.3. The van der Waals surface area contributed by atoms with Crippen molar-refractivity contribution in [3.05, 3.63) is 153 Å². The number of amides is 5. The Labute approximate surface area is 709 Å². The fourth-order valence-electron chi connectivity index (χ4n) is 8.34. The molecule has 1 heterocycles. The van der Waals surface area contributed by atoms with Crippen LogP contribution in [0.4, 0.5) is 56.8 Å². The number of nitro benzene ring substituents is 4. The molecule has 125 heavy (non-hydrogen) atoms. The molecule has 1 aromatic heterocycles. The molecule has 0 unspecified atom stereocenters. The molecular formula is C74H96FN11O39. The van der Waals surface area contributed by atoms with Crippen LogP contribution in [0.5, 0.6) is 40.4 Å². The summed E-state index contributed by atoms with van der Waals surface area (Å²) in [4.78, 5) is 181. The van der Waals surface area contributed by atoms with Crippen molar-refractivity contribution in [2.24, 2.45) is 0 Å². The molecule has 0 saturated carbocycles. The maximum absolute atomic E-state index is 13.5. The Morgan fingerprint density at radius 3 is 1.00 bits per heavy atom. The fourth-order valence-corrected chi connectivity index (χ4v) is 8.34. The number of halogens is 1. The molecule has 0 aliphatic carbocycles. The zero-order chi connectivity index (χ0) is 96.2. The third kappa shape index (κ3) is 42.5. The number of esters is 1. The quantitative estimate of drug-likeness (QED) is 0.00808. The summed E-state index contributed by atoms with van der Waals surface area (Å²) in [5, 5.41) is 111. The monoisotopic (exact) mass is 1780 g/mol. The van der Waals surface area contributed by atoms with E-state index in [-0.39, 0.29) is 45.8 Å². The van der Waals surface area contributed by atoms with Gasteiger partial charge in [-0.2, -0.15) is 4.39 Å². The van der Waals surface area contributed by atoms with Crippen LogP contribution < -0.4 is 59.7 Å². The van der Waals surface area contributed by atoms with E-state index in [0.29, 0.717) is 11.4 Å². The average Bonchev–Trinajstić information content (AvgIpc) is 0.853. The summed E-state index contributed by atoms with van der Waals surface area (Å²) in [6, 6.07) is 9.35. The average molecular weight is 1780 g/mol. The molecule has 5 amide bonds. The van der Waals surface area contributed by atoms with Crippen LogP contribution in [0, 0.1) is 63.3 Å². The van der Waals surface area contributed by atoms with Gasteiger partial charge < -0.3 is 114 Å². The summed E-state index contributed by atoms with van der Waals surface area (Å²) < 4.78 is 78.3. The molecule has 0 fully saturated rings. The first-order valence-electron chi connectivity index (χ1n) is 35.8. The lowest BCUT2D eigenvalue weighted by Gasteiger charge is -2.22. The number of nitrogens with zero attached hydrogens (tertiary/aromatic N) is 6. The van der Waals surface area contributed by atoms with E-state index in [2.05, 4.69) is 36.3 Å². The number of nitrogens with one attached hydrogen (secondary N) is 5. The van der Waals surface area contributed by atoms with Crippen molar-refractivity contribution in [1.29, 1.82) is 0 Å². The number of aryl methyl sites for hydroxylation is 1. The summed E-state index contributed by atoms with van der Waals surface area (Å²) in [7, 11) is 3.85. The minimum atomic E-state index is -1.54. The number of alkyl carbamates (subject to hydrolysis) is 5. The summed E-state index contributed by atoms with van der Waals surface area (Å²) >= 11 is 0. The number of nitro groups is 5. The van der Waals surface area contributed by atoms with Gasteiger partial charge in [-0.15, -0.1) is 0 Å². The van der Waals surface area contributed by atoms with Gasteiger partial charge in [-0.05, 0) is 159 Å². The van der Waals surface area contributed by atoms with Gasteiger partial charge >= 0.3 is 94.7 Å². The maximum atomic E-state index is 13.5. The predicted molar refractivity (Wildman–Crippen MR) is 424 cm³/mol. The van der Waals surface area contributed by atoms with Gasteiger partial charge in [0.1, 0.15) is 72.5 Å². The Balaban J connectivity index is 0.000000782. The topological polar surface area (TPSA) is 698 Å². The first-order chi connectivity index (χ1) is 57.5. The van der Waals surface area contributed by atoms with Crippen molar-refractivity contribution in [3.8, 4) is 40.4 Å². The maximum Gasteiger partial charge on any atom is 0.408 e. The van der Waals surface area contributed by atoms with Crippen molar-refractivity contribution in [3.63, 3.8) is 0 Å². The summed E-state index contributed by atoms with van der Waals surface area (Å²) in [6.07, 6.45) is -4.79. The highest BCUT2D eigenvalue weighted by Gasteiger charge is 2.34. The summed E-state index contributed by atoms with van der Waals surface area (Å²) in [6.45, 7) is 22.9. The van der Waals surface area contributed by atoms with Crippen LogP contribution in [0.1, 0.15) is 120 Å². The van der Waals surface area contributed by atoms with E-state index in [9.17, 15) is 113 Å². The Morgan fingerprint density at radius 2 is 0.680 bits per heavy atom. The van der Waals surface area contributed by atoms with Crippen LogP contribution in [0.15, 0.2) is 84.9 Å². The van der Waals surface area contributed by atoms with E-state index in [1.165, 1.54) is 68.8 Å². The van der Waals surface area contributed by atoms with E-state index < -0.39 is 211 Å². The zero-order valence-corrected chi connectivity index (χ0v) is 70.7. The van der Waals surface area contributed by atoms with Gasteiger partial charge in [-0.1, -0.05) is 6.07 Å². The molecule has 0 spiro atoms. The smallest absolute Gasteiger partial charge is 0.408 e. The van der Waals surface area contributed by atoms with Crippen molar-refractivity contribution < 1.29 is 169 Å². The van der Waals surface area contributed by atoms with E-state index in [0.717, 1.165) is 37.4 Å². The lowest BCUT2D eigenvalue weighted by atomic mass is 10.2. The Bertz CT molecular complexity index is 4620. The van der Waals surface area contributed by atoms with Gasteiger partial charge in [0.15, 0.2) is 47.5 Å². The molecule has 4 aromatic carbocycles. The SMILES string of the molecule is CC(C)(C)OC(=O)N[C@@H](COc1cccc(F)c1[N+](=O)[O-])C(=O)O.COC(=O)c1ccc(OC[C@H](NC(=O)OC(C)(C)C)C(=O)O)c([N+](=O)[O-])c1.COc1ccc(OC[C@H](NC(=O)OC(C)(C)C)C(=O)O)c([N+](=O)[O-])c1.COc1ccc([N+](=O)[O-])c(OC[C@H](NC(=O)OC(C)(C)C)C(=O)O)c1.Cc1ccc([N+](=O)[O-])c(OC[C@H](NC(=O)OC(C)(C)C)C(=O)O)n1. The number of carbonyl (C=O) groups is 11. The highest BCUT2D eigenvalue weighted by atomic mass is 19.1. The lowest BCUT2D eigenvalue weighted by Crippen LogP contribution is -2.46. The van der Waals surface area contributed by atoms with E-state index in [1.54, 1.807) is 111 Å². The van der Waals surface area contributed by atoms with Gasteiger partial charge in [0, 0.05) is 30.0 Å². The van der Waals surface area contributed by atoms with Crippen LogP contribution in [-0.4, -0.2) is 234 Å². The molecule has 0 aliphatic heterocycles. The number of para-hydroxylation sites is 1. The minimum Gasteiger partial charge on any atom is -0.497 e. The van der Waals surface area contributed by atoms with Crippen LogP contribution in [-0.2, 0) is 52.4 Å². The lowest BCUT2D eigenvalue weighted by molar-refractivity contribution is -0.388. The second kappa shape index (κ2) is 48.8. The molecule has 51 heteroatoms. The molecule has 688 valence electrons. The number of hydrogen-bond donors (Lipinski definition) is 10. The summed E-state index contributed by atoms with van der Waals surface area (Å²) in [5.74, 6) is -9.72. The van der Waals surface area contributed by atoms with Crippen LogP contribution >= 0.6 is 0 Å². The Morgan fingerprint density at radius 1 is 0.376 bits per heavy atom. The van der Waals surface area contributed by atoms with Gasteiger partial charge in [0.2, 0.25) is 11.6 Å². The van der Waals surface area contributed by atoms with E-state index in [1.807, 2.05) is 0 Å². The van der Waals surface area contributed by atoms with Crippen LogP contribution in [0.2, 0.25) is 0 Å². The third-order valence-electron chi connectivity index (χ3n) is 13.6. The van der Waals surface area contributed by atoms with E-state index in [4.69, 9.17) is 77.3 Å². The molecule has 10 N–H and O–H groups in total. The fraction of sp³-hybridized carbons (Fsp3) is 0.459. The van der Waals surface area contributed by atoms with Crippen molar-refractivity contribution in [2.75, 3.05) is 54.4 Å². The number of benzene rings is 4. The zero-order valence-electron chi connectivity index (χ0n) is 70.7. The minimum absolute atomic E-state index is 0.0711. The molecule has 50 nitrogen and oxygen atoms in total. The van der Waals surface area contributed by atoms with Crippen molar-refractivity contribution in [1.82, 2.24) is 31.6 Å². The number of carboxylic acid groups (broad SMARTS) is 5. The van der Waals surface area contributed by atoms with Gasteiger partial charge in [-0.25, -0.2) is 57.7 Å². The highest BCUT2D eigenvalue weighted by Crippen LogP contribution is 2.35. The van der Waals surface area contributed by atoms with Crippen molar-refractivity contribution in [2.45, 2.75) is 169 Å². The predicted octanol–water partition coefficient (Wildman–Crippen LogP) is 9.40. The number of aromatic nitrogens is 1. The molecule has 0 aliphatic rings. The molecule has 0 radical (unpaired) electrons. The van der Waals surface area contributed by atoms with Crippen LogP contribution in [0.3, 0.4) is 0 Å². The molecule has 5 aromatic rings. The largest absolute Gasteiger partial charge is 0.497 e. The number of methoxy groups -OCH3 is 3. The van der Waals surface area contributed by atoms with Crippen molar-refractivity contribution >= 4 is 94.7 Å². The molecule has 5 rings (SSSR count). The molecule has 0 saturated heterocycles. The Kier molecular flexibility index (Phi) is 42.1. The molecule has 0 bridgehead atoms. The van der Waals surface area contributed by atoms with Gasteiger partial charge in [-0.3, -0.25) is 50.6 Å². The normalized spacial score (nSPS) is 12.0. The number of pyridine rings is 1. The number of ether oxygens (including phenoxy) is 13. The number of carbonyl (C=O) groups excluding carboxylic acids is 6. The highest BCUT2D eigenvalue weighted by molar-refractivity contribution is 5.90. The van der Waals surface area contributed by atoms with Gasteiger partial charge in [0.05, 0.1) is 57.6 Å². The van der Waals surface area contributed by atoms with E-state index >= 15 is 0 Å². The molecular weight excluding hydrogens is 1690 g/mol. The summed E-state index contributed by atoms with van der Waals surface area (Å²) in [5.41, 5.74) is -6.32. The standard InChI is InChI=1S/C16H20N2O9.2C15H20N2O8.C14H17FN2O7.C14H19N3O7/c1-16(2,3)27-15(22)17-10(13(19)20)8-26-12-6-5-9(14(21)25-4)7-11(12)18(23)24;1-15(2,3)25-14(20)16-10(13(18)19)8-24-12-6-5-9(23-4)7-11(12)17(21)22;1-15(2,3)25-14(20)16-10(13(18)19)8-24-12-7-9(23-4)5-6-11(12)17(21)22;1-14(2,3)24-13(20)16-9(12(18)19)7-23-10-6-4-5-8(15)11(10)17(21)22;1-8-5-6-10(17(21)22)11(15-8)23-7-9(12(18)19)16-13(20)24-14(2,3)4/h5-7,10H,8H2,1-4H3,(H,17,22)(H,19,20);2*5-7,10H,8H2,1-4H3,(H,16,20)(H,18,19);4-6,9H,7H2,1-3H3,(H,16,20)(H,18,19);5-6,9H,7H2,1-4H3,(H,16,20)(H,18,19)/t3*10-;2*9-/m00000/s1. The molecule has 5 atom stereocenters. The second-order valence-corrected chi connectivity index (χ2v) is 29.7. The van der Waals surface area contributed by atoms with Gasteiger partial charge in [0.25, 0.3) is 5.88 Å².